The van der Waals surface area contributed by atoms with Gasteiger partial charge in [-0.3, -0.25) is 4.79 Å². The maximum Gasteiger partial charge on any atom is 0.417 e. The lowest BCUT2D eigenvalue weighted by Crippen LogP contribution is -2.49. The lowest BCUT2D eigenvalue weighted by Gasteiger charge is -2.28. The third kappa shape index (κ3) is 6.34. The lowest BCUT2D eigenvalue weighted by molar-refractivity contribution is -0.139. The molecule has 1 aromatic carbocycles. The van der Waals surface area contributed by atoms with Gasteiger partial charge in [-0.1, -0.05) is 12.1 Å². The molecule has 6 nitrogen and oxygen atoms in total. The van der Waals surface area contributed by atoms with E-state index in [2.05, 4.69) is 5.32 Å². The van der Waals surface area contributed by atoms with Crippen molar-refractivity contribution in [3.8, 4) is 0 Å². The summed E-state index contributed by atoms with van der Waals surface area (Å²) in [5.74, 6) is -0.585. The van der Waals surface area contributed by atoms with E-state index in [1.807, 2.05) is 4.72 Å². The summed E-state index contributed by atoms with van der Waals surface area (Å²) in [6, 6.07) is 2.61. The van der Waals surface area contributed by atoms with Crippen molar-refractivity contribution >= 4 is 28.3 Å². The molecule has 0 aromatic heterocycles. The number of alkyl halides is 3. The Morgan fingerprint density at radius 3 is 2.30 bits per heavy atom. The smallest absolute Gasteiger partial charge is 0.352 e. The topological polar surface area (TPSA) is 101 Å². The van der Waals surface area contributed by atoms with E-state index in [4.69, 9.17) is 5.73 Å². The summed E-state index contributed by atoms with van der Waals surface area (Å²) in [6.07, 6.45) is -1.95. The molecule has 1 aromatic rings. The first-order chi connectivity index (χ1) is 12.0. The zero-order chi connectivity index (χ0) is 19.5. The van der Waals surface area contributed by atoms with Crippen LogP contribution in [0.1, 0.15) is 38.2 Å². The Balaban J connectivity index is 0.00000364. The average Bonchev–Trinajstić information content (AvgIpc) is 2.55. The van der Waals surface area contributed by atoms with Gasteiger partial charge in [-0.15, -0.1) is 12.4 Å². The molecule has 154 valence electrons. The number of halogens is 4. The number of benzene rings is 1. The van der Waals surface area contributed by atoms with Crippen molar-refractivity contribution < 1.29 is 26.4 Å². The van der Waals surface area contributed by atoms with Crippen LogP contribution < -0.4 is 15.8 Å². The Hall–Kier alpha value is -1.36. The molecule has 11 heteroatoms. The number of carbonyl (C=O) groups excluding carboxylic acids is 1. The Labute approximate surface area is 162 Å². The molecular formula is C16H23ClF3N3O3S. The van der Waals surface area contributed by atoms with Crippen molar-refractivity contribution in [1.29, 1.82) is 0 Å². The predicted molar refractivity (Wildman–Crippen MR) is 96.8 cm³/mol. The normalized spacial score (nSPS) is 21.8. The van der Waals surface area contributed by atoms with Gasteiger partial charge in [-0.05, 0) is 44.7 Å². The molecule has 27 heavy (non-hydrogen) atoms. The van der Waals surface area contributed by atoms with Gasteiger partial charge in [-0.25, -0.2) is 8.42 Å². The summed E-state index contributed by atoms with van der Waals surface area (Å²) >= 11 is 0. The van der Waals surface area contributed by atoms with Gasteiger partial charge < -0.3 is 11.1 Å². The molecule has 4 N–H and O–H groups in total. The molecule has 0 aliphatic heterocycles. The third-order valence-corrected chi connectivity index (χ3v) is 5.92. The van der Waals surface area contributed by atoms with Gasteiger partial charge in [-0.2, -0.15) is 17.9 Å². The molecule has 1 aliphatic carbocycles. The van der Waals surface area contributed by atoms with E-state index in [1.54, 1.807) is 0 Å². The van der Waals surface area contributed by atoms with Gasteiger partial charge in [0.15, 0.2) is 0 Å². The van der Waals surface area contributed by atoms with Crippen LogP contribution in [0.2, 0.25) is 0 Å². The minimum Gasteiger partial charge on any atom is -0.352 e. The molecule has 1 fully saturated rings. The van der Waals surface area contributed by atoms with Crippen LogP contribution in [0, 0.1) is 0 Å². The van der Waals surface area contributed by atoms with E-state index in [0.29, 0.717) is 18.9 Å². The van der Waals surface area contributed by atoms with Crippen LogP contribution in [0.3, 0.4) is 0 Å². The molecule has 0 saturated heterocycles. The second-order valence-electron chi connectivity index (χ2n) is 6.46. The highest BCUT2D eigenvalue weighted by Gasteiger charge is 2.37. The second-order valence-corrected chi connectivity index (χ2v) is 8.14. The summed E-state index contributed by atoms with van der Waals surface area (Å²) in [5, 5.41) is 2.71. The van der Waals surface area contributed by atoms with Gasteiger partial charge in [0.1, 0.15) is 0 Å². The molecule has 0 heterocycles. The van der Waals surface area contributed by atoms with Gasteiger partial charge >= 0.3 is 6.18 Å². The first-order valence-corrected chi connectivity index (χ1v) is 9.73. The van der Waals surface area contributed by atoms with Crippen LogP contribution >= 0.6 is 12.4 Å². The number of amides is 1. The highest BCUT2D eigenvalue weighted by Crippen LogP contribution is 2.33. The van der Waals surface area contributed by atoms with Crippen molar-refractivity contribution in [2.24, 2.45) is 5.73 Å². The van der Waals surface area contributed by atoms with Crippen LogP contribution in [0.15, 0.2) is 29.2 Å². The van der Waals surface area contributed by atoms with Crippen molar-refractivity contribution in [2.45, 2.75) is 61.8 Å². The standard InChI is InChI=1S/C16H22F3N3O3S.ClH/c1-10(15(23)21-12-8-6-11(20)7-9-12)22-26(24,25)14-5-3-2-4-13(14)16(17,18)19;/h2-5,10-12,22H,6-9,20H2,1H3,(H,21,23);1H. The van der Waals surface area contributed by atoms with Crippen molar-refractivity contribution in [2.75, 3.05) is 0 Å². The van der Waals surface area contributed by atoms with E-state index in [0.717, 1.165) is 25.0 Å². The monoisotopic (exact) mass is 429 g/mol. The Morgan fingerprint density at radius 1 is 1.19 bits per heavy atom. The average molecular weight is 430 g/mol. The molecule has 1 aliphatic rings. The van der Waals surface area contributed by atoms with Crippen LogP contribution in [0.5, 0.6) is 0 Å². The number of hydrogen-bond donors (Lipinski definition) is 3. The van der Waals surface area contributed by atoms with E-state index in [1.165, 1.54) is 13.0 Å². The fourth-order valence-corrected chi connectivity index (χ4v) is 4.31. The predicted octanol–water partition coefficient (Wildman–Crippen LogP) is 2.18. The highest BCUT2D eigenvalue weighted by molar-refractivity contribution is 7.89. The minimum absolute atomic E-state index is 0. The van der Waals surface area contributed by atoms with E-state index < -0.39 is 38.6 Å². The van der Waals surface area contributed by atoms with Crippen molar-refractivity contribution in [3.05, 3.63) is 29.8 Å². The fraction of sp³-hybridized carbons (Fsp3) is 0.562. The SMILES string of the molecule is CC(NS(=O)(=O)c1ccccc1C(F)(F)F)C(=O)NC1CCC(N)CC1.Cl. The molecule has 0 spiro atoms. The first-order valence-electron chi connectivity index (χ1n) is 8.25. The lowest BCUT2D eigenvalue weighted by atomic mass is 9.92. The number of hydrogen-bond acceptors (Lipinski definition) is 4. The maximum atomic E-state index is 13.0. The summed E-state index contributed by atoms with van der Waals surface area (Å²) in [5.41, 5.74) is 4.51. The molecular weight excluding hydrogens is 407 g/mol. The largest absolute Gasteiger partial charge is 0.417 e. The zero-order valence-electron chi connectivity index (χ0n) is 14.6. The summed E-state index contributed by atoms with van der Waals surface area (Å²) in [7, 11) is -4.52. The molecule has 2 rings (SSSR count). The summed E-state index contributed by atoms with van der Waals surface area (Å²) in [6.45, 7) is 1.29. The van der Waals surface area contributed by atoms with Crippen LogP contribution in [0.25, 0.3) is 0 Å². The molecule has 1 atom stereocenters. The number of rotatable bonds is 5. The molecule has 1 amide bonds. The van der Waals surface area contributed by atoms with E-state index >= 15 is 0 Å². The van der Waals surface area contributed by atoms with E-state index in [-0.39, 0.29) is 24.5 Å². The zero-order valence-corrected chi connectivity index (χ0v) is 16.3. The maximum absolute atomic E-state index is 13.0. The quantitative estimate of drug-likeness (QED) is 0.667. The number of nitrogens with two attached hydrogens (primary N) is 1. The van der Waals surface area contributed by atoms with Crippen LogP contribution in [-0.4, -0.2) is 32.5 Å². The van der Waals surface area contributed by atoms with E-state index in [9.17, 15) is 26.4 Å². The number of nitrogens with one attached hydrogen (secondary N) is 2. The number of carbonyl (C=O) groups is 1. The third-order valence-electron chi connectivity index (χ3n) is 4.33. The van der Waals surface area contributed by atoms with Gasteiger partial charge in [0.2, 0.25) is 15.9 Å². The van der Waals surface area contributed by atoms with Crippen LogP contribution in [-0.2, 0) is 21.0 Å². The Bertz CT molecular complexity index is 751. The van der Waals surface area contributed by atoms with Crippen LogP contribution in [0.4, 0.5) is 13.2 Å². The van der Waals surface area contributed by atoms with Gasteiger partial charge in [0, 0.05) is 12.1 Å². The van der Waals surface area contributed by atoms with Gasteiger partial charge in [0.25, 0.3) is 0 Å². The number of sulfonamides is 1. The fourth-order valence-electron chi connectivity index (χ4n) is 2.87. The molecule has 1 saturated carbocycles. The van der Waals surface area contributed by atoms with Crippen molar-refractivity contribution in [3.63, 3.8) is 0 Å². The minimum atomic E-state index is -4.82. The molecule has 0 bridgehead atoms. The Morgan fingerprint density at radius 2 is 1.74 bits per heavy atom. The Kier molecular flexibility index (Phi) is 8.09. The van der Waals surface area contributed by atoms with Crippen molar-refractivity contribution in [1.82, 2.24) is 10.0 Å². The summed E-state index contributed by atoms with van der Waals surface area (Å²) < 4.78 is 65.8. The molecule has 0 radical (unpaired) electrons. The first kappa shape index (κ1) is 23.7. The molecule has 1 unspecified atom stereocenters. The summed E-state index contributed by atoms with van der Waals surface area (Å²) in [4.78, 5) is 11.3. The van der Waals surface area contributed by atoms with Gasteiger partial charge in [0.05, 0.1) is 16.5 Å². The second kappa shape index (κ2) is 9.22. The highest BCUT2D eigenvalue weighted by atomic mass is 35.5.